The number of halogens is 2. The Balaban J connectivity index is 1.70. The number of hydrogen-bond acceptors (Lipinski definition) is 2. The number of carbonyl (C=O) groups excluding carboxylic acids is 1. The zero-order valence-electron chi connectivity index (χ0n) is 11.9. The Morgan fingerprint density at radius 2 is 2.09 bits per heavy atom. The molecule has 114 valence electrons. The van der Waals surface area contributed by atoms with E-state index >= 15 is 0 Å². The molecule has 0 aliphatic carbocycles. The van der Waals surface area contributed by atoms with E-state index in [9.17, 15) is 9.18 Å². The van der Waals surface area contributed by atoms with E-state index in [1.165, 1.54) is 17.7 Å². The van der Waals surface area contributed by atoms with Crippen molar-refractivity contribution in [1.82, 2.24) is 0 Å². The fraction of sp³-hybridized carbons (Fsp3) is 0.235. The molecule has 0 saturated heterocycles. The maximum absolute atomic E-state index is 13.0. The summed E-state index contributed by atoms with van der Waals surface area (Å²) in [7, 11) is 0. The molecule has 22 heavy (non-hydrogen) atoms. The highest BCUT2D eigenvalue weighted by Crippen LogP contribution is 2.28. The Labute approximate surface area is 133 Å². The molecule has 0 radical (unpaired) electrons. The molecule has 0 saturated carbocycles. The average molecular weight is 320 g/mol. The Bertz CT molecular complexity index is 705. The summed E-state index contributed by atoms with van der Waals surface area (Å²) >= 11 is 5.89. The molecule has 0 spiro atoms. The van der Waals surface area contributed by atoms with Crippen molar-refractivity contribution < 1.29 is 13.9 Å². The molecule has 1 heterocycles. The second-order valence-electron chi connectivity index (χ2n) is 5.14. The van der Waals surface area contributed by atoms with Gasteiger partial charge in [0.05, 0.1) is 5.02 Å². The summed E-state index contributed by atoms with van der Waals surface area (Å²) in [5.41, 5.74) is 2.11. The minimum Gasteiger partial charge on any atom is -0.482 e. The number of aryl methyl sites for hydroxylation is 1. The number of carbonyl (C=O) groups is 1. The number of rotatable bonds is 3. The number of amides is 1. The van der Waals surface area contributed by atoms with Crippen molar-refractivity contribution in [2.45, 2.75) is 12.8 Å². The minimum atomic E-state index is -0.436. The van der Waals surface area contributed by atoms with Crippen LogP contribution in [0.1, 0.15) is 12.0 Å². The first-order valence-corrected chi connectivity index (χ1v) is 7.49. The van der Waals surface area contributed by atoms with E-state index in [0.717, 1.165) is 24.6 Å². The molecule has 0 unspecified atom stereocenters. The number of anilines is 1. The molecule has 3 rings (SSSR count). The van der Waals surface area contributed by atoms with Crippen LogP contribution in [0.4, 0.5) is 10.1 Å². The second kappa shape index (κ2) is 6.36. The van der Waals surface area contributed by atoms with E-state index < -0.39 is 5.82 Å². The zero-order chi connectivity index (χ0) is 15.5. The highest BCUT2D eigenvalue weighted by Gasteiger charge is 2.22. The molecular weight excluding hydrogens is 305 g/mol. The van der Waals surface area contributed by atoms with Gasteiger partial charge in [-0.3, -0.25) is 4.79 Å². The molecule has 1 amide bonds. The van der Waals surface area contributed by atoms with Gasteiger partial charge in [-0.05, 0) is 42.7 Å². The lowest BCUT2D eigenvalue weighted by Crippen LogP contribution is -2.38. The van der Waals surface area contributed by atoms with Gasteiger partial charge in [0.1, 0.15) is 11.6 Å². The van der Waals surface area contributed by atoms with Crippen LogP contribution in [0.3, 0.4) is 0 Å². The molecule has 3 nitrogen and oxygen atoms in total. The standard InChI is InChI=1S/C17H15ClFNO2/c18-14-10-13(19)7-8-16(14)22-11-17(21)20-9-3-5-12-4-1-2-6-15(12)20/h1-2,4,6-8,10H,3,5,9,11H2. The predicted octanol–water partition coefficient (Wildman–Crippen LogP) is 3.84. The summed E-state index contributed by atoms with van der Waals surface area (Å²) in [5, 5.41) is 0.159. The summed E-state index contributed by atoms with van der Waals surface area (Å²) in [4.78, 5) is 14.1. The Morgan fingerprint density at radius 3 is 2.91 bits per heavy atom. The monoisotopic (exact) mass is 319 g/mol. The van der Waals surface area contributed by atoms with Crippen molar-refractivity contribution in [3.05, 3.63) is 58.9 Å². The molecule has 0 atom stereocenters. The smallest absolute Gasteiger partial charge is 0.264 e. The van der Waals surface area contributed by atoms with E-state index in [-0.39, 0.29) is 17.5 Å². The number of para-hydroxylation sites is 1. The molecular formula is C17H15ClFNO2. The maximum Gasteiger partial charge on any atom is 0.264 e. The summed E-state index contributed by atoms with van der Waals surface area (Å²) in [5.74, 6) is -0.261. The molecule has 0 aromatic heterocycles. The average Bonchev–Trinajstić information content (AvgIpc) is 2.53. The van der Waals surface area contributed by atoms with Gasteiger partial charge in [0.15, 0.2) is 6.61 Å². The highest BCUT2D eigenvalue weighted by molar-refractivity contribution is 6.32. The molecule has 1 aliphatic heterocycles. The number of nitrogens with zero attached hydrogens (tertiary/aromatic N) is 1. The van der Waals surface area contributed by atoms with Crippen molar-refractivity contribution in [3.8, 4) is 5.75 Å². The normalized spacial score (nSPS) is 13.6. The van der Waals surface area contributed by atoms with E-state index in [1.807, 2.05) is 24.3 Å². The van der Waals surface area contributed by atoms with Gasteiger partial charge in [-0.2, -0.15) is 0 Å². The fourth-order valence-corrected chi connectivity index (χ4v) is 2.82. The van der Waals surface area contributed by atoms with Crippen LogP contribution in [0.5, 0.6) is 5.75 Å². The van der Waals surface area contributed by atoms with Crippen molar-refractivity contribution in [1.29, 1.82) is 0 Å². The molecule has 2 aromatic carbocycles. The third-order valence-electron chi connectivity index (χ3n) is 3.66. The third-order valence-corrected chi connectivity index (χ3v) is 3.95. The SMILES string of the molecule is O=C(COc1ccc(F)cc1Cl)N1CCCc2ccccc21. The van der Waals surface area contributed by atoms with Gasteiger partial charge in [0, 0.05) is 12.2 Å². The lowest BCUT2D eigenvalue weighted by Gasteiger charge is -2.29. The third kappa shape index (κ3) is 3.07. The fourth-order valence-electron chi connectivity index (χ4n) is 2.60. The van der Waals surface area contributed by atoms with E-state index in [2.05, 4.69) is 0 Å². The number of fused-ring (bicyclic) bond motifs is 1. The molecule has 2 aromatic rings. The van der Waals surface area contributed by atoms with E-state index in [0.29, 0.717) is 12.3 Å². The quantitative estimate of drug-likeness (QED) is 0.860. The number of hydrogen-bond donors (Lipinski definition) is 0. The Kier molecular flexibility index (Phi) is 4.29. The van der Waals surface area contributed by atoms with Gasteiger partial charge in [0.25, 0.3) is 5.91 Å². The molecule has 5 heteroatoms. The summed E-state index contributed by atoms with van der Waals surface area (Å²) in [6.45, 7) is 0.552. The van der Waals surface area contributed by atoms with Crippen LogP contribution >= 0.6 is 11.6 Å². The Hall–Kier alpha value is -2.07. The predicted molar refractivity (Wildman–Crippen MR) is 84.0 cm³/mol. The first-order chi connectivity index (χ1) is 10.6. The minimum absolute atomic E-state index is 0.125. The van der Waals surface area contributed by atoms with Crippen molar-refractivity contribution in [2.24, 2.45) is 0 Å². The van der Waals surface area contributed by atoms with Gasteiger partial charge in [0.2, 0.25) is 0 Å². The van der Waals surface area contributed by atoms with Crippen molar-refractivity contribution in [2.75, 3.05) is 18.1 Å². The van der Waals surface area contributed by atoms with Crippen LogP contribution in [0.25, 0.3) is 0 Å². The molecule has 0 bridgehead atoms. The number of ether oxygens (including phenoxy) is 1. The molecule has 0 fully saturated rings. The Morgan fingerprint density at radius 1 is 1.27 bits per heavy atom. The van der Waals surface area contributed by atoms with Crippen LogP contribution in [0.15, 0.2) is 42.5 Å². The lowest BCUT2D eigenvalue weighted by molar-refractivity contribution is -0.120. The van der Waals surface area contributed by atoms with Crippen LogP contribution in [-0.4, -0.2) is 19.1 Å². The zero-order valence-corrected chi connectivity index (χ0v) is 12.6. The van der Waals surface area contributed by atoms with Crippen LogP contribution < -0.4 is 9.64 Å². The van der Waals surface area contributed by atoms with Crippen LogP contribution in [-0.2, 0) is 11.2 Å². The summed E-state index contributed by atoms with van der Waals surface area (Å²) in [6.07, 6.45) is 1.91. The molecule has 0 N–H and O–H groups in total. The van der Waals surface area contributed by atoms with Gasteiger partial charge in [-0.25, -0.2) is 4.39 Å². The van der Waals surface area contributed by atoms with Gasteiger partial charge >= 0.3 is 0 Å². The first-order valence-electron chi connectivity index (χ1n) is 7.11. The van der Waals surface area contributed by atoms with Crippen LogP contribution in [0, 0.1) is 5.82 Å². The topological polar surface area (TPSA) is 29.5 Å². The van der Waals surface area contributed by atoms with Crippen molar-refractivity contribution >= 4 is 23.2 Å². The van der Waals surface area contributed by atoms with E-state index in [4.69, 9.17) is 16.3 Å². The summed E-state index contributed by atoms with van der Waals surface area (Å²) in [6, 6.07) is 11.7. The summed E-state index contributed by atoms with van der Waals surface area (Å²) < 4.78 is 18.4. The highest BCUT2D eigenvalue weighted by atomic mass is 35.5. The van der Waals surface area contributed by atoms with Gasteiger partial charge in [-0.15, -0.1) is 0 Å². The van der Waals surface area contributed by atoms with E-state index in [1.54, 1.807) is 4.90 Å². The first kappa shape index (κ1) is 14.9. The van der Waals surface area contributed by atoms with Crippen molar-refractivity contribution in [3.63, 3.8) is 0 Å². The second-order valence-corrected chi connectivity index (χ2v) is 5.55. The van der Waals surface area contributed by atoms with Crippen LogP contribution in [0.2, 0.25) is 5.02 Å². The molecule has 1 aliphatic rings. The number of benzene rings is 2. The lowest BCUT2D eigenvalue weighted by atomic mass is 10.0. The van der Waals surface area contributed by atoms with Gasteiger partial charge in [-0.1, -0.05) is 29.8 Å². The van der Waals surface area contributed by atoms with Gasteiger partial charge < -0.3 is 9.64 Å². The maximum atomic E-state index is 13.0. The largest absolute Gasteiger partial charge is 0.482 e.